The summed E-state index contributed by atoms with van der Waals surface area (Å²) in [7, 11) is 0. The van der Waals surface area contributed by atoms with Gasteiger partial charge in [0.25, 0.3) is 0 Å². The highest BCUT2D eigenvalue weighted by Gasteiger charge is 2.38. The quantitative estimate of drug-likeness (QED) is 0.769. The van der Waals surface area contributed by atoms with Gasteiger partial charge in [-0.3, -0.25) is 19.6 Å². The molecule has 2 rings (SSSR count). The largest absolute Gasteiger partial charge is 0.481 e. The van der Waals surface area contributed by atoms with Gasteiger partial charge in [-0.25, -0.2) is 4.79 Å². The SMILES string of the molecule is CCOC(=O)c1c(N2CC(C(=O)O)CC2=O)n[nH]c1C. The molecular formula is C12H15N3O5. The zero-order chi connectivity index (χ0) is 14.9. The van der Waals surface area contributed by atoms with E-state index < -0.39 is 17.9 Å². The van der Waals surface area contributed by atoms with Gasteiger partial charge >= 0.3 is 11.9 Å². The van der Waals surface area contributed by atoms with Crippen LogP contribution in [-0.4, -0.2) is 46.3 Å². The summed E-state index contributed by atoms with van der Waals surface area (Å²) in [5, 5.41) is 15.5. The number of carboxylic acid groups (broad SMARTS) is 1. The lowest BCUT2D eigenvalue weighted by atomic mass is 10.1. The Kier molecular flexibility index (Phi) is 3.73. The molecule has 1 fully saturated rings. The average molecular weight is 281 g/mol. The van der Waals surface area contributed by atoms with Gasteiger partial charge in [-0.2, -0.15) is 5.10 Å². The van der Waals surface area contributed by atoms with Crippen molar-refractivity contribution >= 4 is 23.7 Å². The van der Waals surface area contributed by atoms with Gasteiger partial charge in [0.2, 0.25) is 5.91 Å². The molecule has 1 amide bonds. The van der Waals surface area contributed by atoms with Gasteiger partial charge in [-0.05, 0) is 13.8 Å². The fourth-order valence-electron chi connectivity index (χ4n) is 2.14. The standard InChI is InChI=1S/C12H15N3O5/c1-3-20-12(19)9-6(2)13-14-10(9)15-5-7(11(17)18)4-8(15)16/h7H,3-5H2,1-2H3,(H,13,14)(H,17,18). The van der Waals surface area contributed by atoms with E-state index in [0.29, 0.717) is 5.69 Å². The highest BCUT2D eigenvalue weighted by molar-refractivity contribution is 6.04. The Bertz CT molecular complexity index is 565. The summed E-state index contributed by atoms with van der Waals surface area (Å²) in [6, 6.07) is 0. The topological polar surface area (TPSA) is 113 Å². The average Bonchev–Trinajstić information content (AvgIpc) is 2.93. The number of rotatable bonds is 4. The first-order valence-electron chi connectivity index (χ1n) is 6.21. The van der Waals surface area contributed by atoms with Crippen LogP contribution in [0.2, 0.25) is 0 Å². The number of nitrogens with one attached hydrogen (secondary N) is 1. The van der Waals surface area contributed by atoms with E-state index >= 15 is 0 Å². The molecule has 8 nitrogen and oxygen atoms in total. The van der Waals surface area contributed by atoms with Gasteiger partial charge in [-0.1, -0.05) is 0 Å². The van der Waals surface area contributed by atoms with Crippen LogP contribution in [0.15, 0.2) is 0 Å². The van der Waals surface area contributed by atoms with Crippen LogP contribution in [0.1, 0.15) is 29.4 Å². The molecule has 1 aliphatic rings. The molecular weight excluding hydrogens is 266 g/mol. The van der Waals surface area contributed by atoms with Crippen molar-refractivity contribution in [2.24, 2.45) is 5.92 Å². The fraction of sp³-hybridized carbons (Fsp3) is 0.500. The highest BCUT2D eigenvalue weighted by Crippen LogP contribution is 2.28. The van der Waals surface area contributed by atoms with Crippen molar-refractivity contribution < 1.29 is 24.2 Å². The third-order valence-electron chi connectivity index (χ3n) is 3.14. The molecule has 1 aromatic heterocycles. The molecule has 0 aliphatic carbocycles. The smallest absolute Gasteiger partial charge is 0.343 e. The minimum atomic E-state index is -1.04. The number of H-pyrrole nitrogens is 1. The molecule has 2 heterocycles. The molecule has 108 valence electrons. The maximum Gasteiger partial charge on any atom is 0.343 e. The highest BCUT2D eigenvalue weighted by atomic mass is 16.5. The molecule has 2 N–H and O–H groups in total. The van der Waals surface area contributed by atoms with E-state index in [0.717, 1.165) is 0 Å². The number of aliphatic carboxylic acids is 1. The summed E-state index contributed by atoms with van der Waals surface area (Å²) in [6.45, 7) is 3.52. The number of nitrogens with zero attached hydrogens (tertiary/aromatic N) is 2. The van der Waals surface area contributed by atoms with Crippen LogP contribution in [0.25, 0.3) is 0 Å². The number of amides is 1. The van der Waals surface area contributed by atoms with Crippen LogP contribution in [0.4, 0.5) is 5.82 Å². The van der Waals surface area contributed by atoms with E-state index in [2.05, 4.69) is 10.2 Å². The minimum absolute atomic E-state index is 0.00483. The predicted molar refractivity (Wildman–Crippen MR) is 67.4 cm³/mol. The fourth-order valence-corrected chi connectivity index (χ4v) is 2.14. The van der Waals surface area contributed by atoms with Gasteiger partial charge in [0.05, 0.1) is 12.5 Å². The van der Waals surface area contributed by atoms with Gasteiger partial charge in [-0.15, -0.1) is 0 Å². The molecule has 1 saturated heterocycles. The van der Waals surface area contributed by atoms with Crippen molar-refractivity contribution in [2.45, 2.75) is 20.3 Å². The first-order chi connectivity index (χ1) is 9.45. The molecule has 1 aliphatic heterocycles. The number of aromatic nitrogens is 2. The van der Waals surface area contributed by atoms with E-state index in [1.54, 1.807) is 13.8 Å². The molecule has 1 aromatic rings. The number of hydrogen-bond acceptors (Lipinski definition) is 5. The monoisotopic (exact) mass is 281 g/mol. The first-order valence-corrected chi connectivity index (χ1v) is 6.21. The Hall–Kier alpha value is -2.38. The van der Waals surface area contributed by atoms with Crippen LogP contribution in [0.5, 0.6) is 0 Å². The zero-order valence-corrected chi connectivity index (χ0v) is 11.2. The normalized spacial score (nSPS) is 18.4. The Labute approximate surface area is 114 Å². The second kappa shape index (κ2) is 5.32. The third-order valence-corrected chi connectivity index (χ3v) is 3.14. The predicted octanol–water partition coefficient (Wildman–Crippen LogP) is 0.332. The first kappa shape index (κ1) is 14.0. The molecule has 0 saturated carbocycles. The second-order valence-corrected chi connectivity index (χ2v) is 4.51. The van der Waals surface area contributed by atoms with Crippen LogP contribution >= 0.6 is 0 Å². The zero-order valence-electron chi connectivity index (χ0n) is 11.2. The number of carbonyl (C=O) groups excluding carboxylic acids is 2. The summed E-state index contributed by atoms with van der Waals surface area (Å²) in [4.78, 5) is 35.9. The number of ether oxygens (including phenoxy) is 1. The molecule has 1 unspecified atom stereocenters. The van der Waals surface area contributed by atoms with E-state index in [9.17, 15) is 14.4 Å². The molecule has 0 aromatic carbocycles. The van der Waals surface area contributed by atoms with Gasteiger partial charge in [0.1, 0.15) is 5.56 Å². The van der Waals surface area contributed by atoms with Crippen LogP contribution < -0.4 is 4.90 Å². The number of hydrogen-bond donors (Lipinski definition) is 2. The number of aryl methyl sites for hydroxylation is 1. The van der Waals surface area contributed by atoms with E-state index in [1.807, 2.05) is 0 Å². The summed E-state index contributed by atoms with van der Waals surface area (Å²) < 4.78 is 4.92. The summed E-state index contributed by atoms with van der Waals surface area (Å²) in [5.74, 6) is -2.63. The van der Waals surface area contributed by atoms with Crippen LogP contribution in [0.3, 0.4) is 0 Å². The van der Waals surface area contributed by atoms with E-state index in [4.69, 9.17) is 9.84 Å². The van der Waals surface area contributed by atoms with Crippen molar-refractivity contribution in [3.63, 3.8) is 0 Å². The van der Waals surface area contributed by atoms with Crippen LogP contribution in [-0.2, 0) is 14.3 Å². The van der Waals surface area contributed by atoms with Crippen molar-refractivity contribution in [3.8, 4) is 0 Å². The molecule has 1 atom stereocenters. The molecule has 20 heavy (non-hydrogen) atoms. The van der Waals surface area contributed by atoms with Crippen molar-refractivity contribution in [3.05, 3.63) is 11.3 Å². The summed E-state index contributed by atoms with van der Waals surface area (Å²) >= 11 is 0. The Morgan fingerprint density at radius 1 is 1.55 bits per heavy atom. The van der Waals surface area contributed by atoms with Gasteiger partial charge in [0.15, 0.2) is 5.82 Å². The Morgan fingerprint density at radius 3 is 2.80 bits per heavy atom. The van der Waals surface area contributed by atoms with E-state index in [-0.39, 0.29) is 36.9 Å². The van der Waals surface area contributed by atoms with E-state index in [1.165, 1.54) is 4.90 Å². The maximum absolute atomic E-state index is 11.9. The second-order valence-electron chi connectivity index (χ2n) is 4.51. The third kappa shape index (κ3) is 2.36. The lowest BCUT2D eigenvalue weighted by Gasteiger charge is -2.14. The van der Waals surface area contributed by atoms with Gasteiger partial charge < -0.3 is 9.84 Å². The Balaban J connectivity index is 2.32. The van der Waals surface area contributed by atoms with Crippen LogP contribution in [0, 0.1) is 12.8 Å². The van der Waals surface area contributed by atoms with Gasteiger partial charge in [0, 0.05) is 18.7 Å². The number of carbonyl (C=O) groups is 3. The number of anilines is 1. The summed E-state index contributed by atoms with van der Waals surface area (Å²) in [5.41, 5.74) is 0.649. The van der Waals surface area contributed by atoms with Crippen molar-refractivity contribution in [2.75, 3.05) is 18.1 Å². The lowest BCUT2D eigenvalue weighted by molar-refractivity contribution is -0.141. The molecule has 0 bridgehead atoms. The van der Waals surface area contributed by atoms with Crippen molar-refractivity contribution in [1.29, 1.82) is 0 Å². The molecule has 0 spiro atoms. The maximum atomic E-state index is 11.9. The lowest BCUT2D eigenvalue weighted by Crippen LogP contribution is -2.28. The Morgan fingerprint density at radius 2 is 2.25 bits per heavy atom. The minimum Gasteiger partial charge on any atom is -0.481 e. The number of carboxylic acids is 1. The summed E-state index contributed by atoms with van der Waals surface area (Å²) in [6.07, 6.45) is -0.0937. The number of esters is 1. The molecule has 0 radical (unpaired) electrons. The molecule has 8 heteroatoms. The number of aromatic amines is 1. The van der Waals surface area contributed by atoms with Crippen molar-refractivity contribution in [1.82, 2.24) is 10.2 Å².